The van der Waals surface area contributed by atoms with Crippen LogP contribution in [0, 0.1) is 6.92 Å². The lowest BCUT2D eigenvalue weighted by Crippen LogP contribution is -2.23. The Bertz CT molecular complexity index is 565. The predicted molar refractivity (Wildman–Crippen MR) is 89.2 cm³/mol. The third-order valence-corrected chi connectivity index (χ3v) is 4.07. The van der Waals surface area contributed by atoms with Gasteiger partial charge in [0.1, 0.15) is 10.8 Å². The van der Waals surface area contributed by atoms with Crippen molar-refractivity contribution in [3.05, 3.63) is 45.9 Å². The summed E-state index contributed by atoms with van der Waals surface area (Å²) in [7, 11) is 0. The summed E-state index contributed by atoms with van der Waals surface area (Å²) >= 11 is 1.71. The predicted octanol–water partition coefficient (Wildman–Crippen LogP) is 4.33. The minimum absolute atomic E-state index is 0.138. The first kappa shape index (κ1) is 16.0. The van der Waals surface area contributed by atoms with Crippen molar-refractivity contribution in [3.8, 4) is 5.75 Å². The highest BCUT2D eigenvalue weighted by Gasteiger charge is 2.17. The molecule has 2 rings (SSSR count). The summed E-state index contributed by atoms with van der Waals surface area (Å²) in [5.74, 6) is 0.916. The molecule has 0 spiro atoms. The van der Waals surface area contributed by atoms with Gasteiger partial charge in [-0.1, -0.05) is 19.1 Å². The molecule has 114 valence electrons. The minimum atomic E-state index is 0.138. The van der Waals surface area contributed by atoms with Crippen LogP contribution in [0.1, 0.15) is 49.5 Å². The molecular formula is C17H24N2OS. The van der Waals surface area contributed by atoms with Gasteiger partial charge in [0.05, 0.1) is 12.1 Å². The van der Waals surface area contributed by atoms with Crippen molar-refractivity contribution < 1.29 is 4.74 Å². The minimum Gasteiger partial charge on any atom is -0.491 e. The van der Waals surface area contributed by atoms with E-state index in [2.05, 4.69) is 34.7 Å². The molecule has 0 amide bonds. The third-order valence-electron chi connectivity index (χ3n) is 3.05. The number of hydrogen-bond donors (Lipinski definition) is 1. The largest absolute Gasteiger partial charge is 0.491 e. The van der Waals surface area contributed by atoms with Gasteiger partial charge in [0.2, 0.25) is 0 Å². The molecule has 0 saturated heterocycles. The summed E-state index contributed by atoms with van der Waals surface area (Å²) in [5.41, 5.74) is 2.28. The smallest absolute Gasteiger partial charge is 0.120 e. The monoisotopic (exact) mass is 304 g/mol. The first-order valence-electron chi connectivity index (χ1n) is 7.52. The van der Waals surface area contributed by atoms with Crippen LogP contribution >= 0.6 is 11.3 Å². The first-order valence-corrected chi connectivity index (χ1v) is 8.40. The Morgan fingerprint density at radius 1 is 1.33 bits per heavy atom. The van der Waals surface area contributed by atoms with E-state index in [0.29, 0.717) is 0 Å². The fourth-order valence-corrected chi connectivity index (χ4v) is 3.08. The van der Waals surface area contributed by atoms with E-state index in [1.165, 1.54) is 5.56 Å². The van der Waals surface area contributed by atoms with Gasteiger partial charge in [-0.15, -0.1) is 11.3 Å². The van der Waals surface area contributed by atoms with Gasteiger partial charge in [-0.05, 0) is 51.4 Å². The third kappa shape index (κ3) is 4.55. The Kier molecular flexibility index (Phi) is 5.76. The van der Waals surface area contributed by atoms with Gasteiger partial charge in [-0.3, -0.25) is 0 Å². The van der Waals surface area contributed by atoms with Gasteiger partial charge >= 0.3 is 0 Å². The average molecular weight is 304 g/mol. The van der Waals surface area contributed by atoms with Crippen LogP contribution in [0.5, 0.6) is 5.75 Å². The van der Waals surface area contributed by atoms with Crippen molar-refractivity contribution in [2.75, 3.05) is 6.54 Å². The van der Waals surface area contributed by atoms with Gasteiger partial charge < -0.3 is 10.1 Å². The molecule has 1 aromatic carbocycles. The molecule has 1 heterocycles. The first-order chi connectivity index (χ1) is 10.1. The van der Waals surface area contributed by atoms with E-state index in [4.69, 9.17) is 4.74 Å². The van der Waals surface area contributed by atoms with Gasteiger partial charge in [-0.2, -0.15) is 0 Å². The maximum atomic E-state index is 5.81. The number of hydrogen-bond acceptors (Lipinski definition) is 4. The second-order valence-electron chi connectivity index (χ2n) is 5.45. The van der Waals surface area contributed by atoms with E-state index in [0.717, 1.165) is 29.4 Å². The molecule has 3 nitrogen and oxygen atoms in total. The van der Waals surface area contributed by atoms with Crippen LogP contribution in [0.25, 0.3) is 0 Å². The highest BCUT2D eigenvalue weighted by Crippen LogP contribution is 2.28. The molecule has 2 aromatic rings. The standard InChI is InChI=1S/C17H24N2OS/c1-5-9-18-16(17-19-13(4)11-21-17)14-7-6-8-15(10-14)20-12(2)3/h6-8,10-12,16,18H,5,9H2,1-4H3. The lowest BCUT2D eigenvalue weighted by Gasteiger charge is -2.18. The van der Waals surface area contributed by atoms with Crippen LogP contribution in [-0.2, 0) is 0 Å². The van der Waals surface area contributed by atoms with Crippen molar-refractivity contribution in [2.24, 2.45) is 0 Å². The zero-order valence-electron chi connectivity index (χ0n) is 13.2. The quantitative estimate of drug-likeness (QED) is 0.827. The molecule has 1 atom stereocenters. The second kappa shape index (κ2) is 7.57. The van der Waals surface area contributed by atoms with E-state index < -0.39 is 0 Å². The fourth-order valence-electron chi connectivity index (χ4n) is 2.18. The molecule has 0 saturated carbocycles. The highest BCUT2D eigenvalue weighted by atomic mass is 32.1. The SMILES string of the molecule is CCCNC(c1cccc(OC(C)C)c1)c1nc(C)cs1. The molecule has 1 N–H and O–H groups in total. The van der Waals surface area contributed by atoms with Gasteiger partial charge in [-0.25, -0.2) is 4.98 Å². The average Bonchev–Trinajstić information content (AvgIpc) is 2.85. The number of rotatable bonds is 7. The normalized spacial score (nSPS) is 12.6. The van der Waals surface area contributed by atoms with Crippen molar-refractivity contribution in [3.63, 3.8) is 0 Å². The summed E-state index contributed by atoms with van der Waals surface area (Å²) in [6, 6.07) is 8.45. The van der Waals surface area contributed by atoms with Gasteiger partial charge in [0.15, 0.2) is 0 Å². The highest BCUT2D eigenvalue weighted by molar-refractivity contribution is 7.09. The Labute approximate surface area is 131 Å². The van der Waals surface area contributed by atoms with Crippen LogP contribution < -0.4 is 10.1 Å². The number of thiazole rings is 1. The van der Waals surface area contributed by atoms with Crippen LogP contribution in [0.3, 0.4) is 0 Å². The van der Waals surface area contributed by atoms with Crippen molar-refractivity contribution in [1.82, 2.24) is 10.3 Å². The lowest BCUT2D eigenvalue weighted by atomic mass is 10.1. The summed E-state index contributed by atoms with van der Waals surface area (Å²) in [5, 5.41) is 6.80. The number of ether oxygens (including phenoxy) is 1. The molecule has 1 aromatic heterocycles. The van der Waals surface area contributed by atoms with Crippen molar-refractivity contribution in [2.45, 2.75) is 46.3 Å². The fraction of sp³-hybridized carbons (Fsp3) is 0.471. The van der Waals surface area contributed by atoms with Crippen LogP contribution in [0.15, 0.2) is 29.6 Å². The zero-order chi connectivity index (χ0) is 15.2. The molecular weight excluding hydrogens is 280 g/mol. The topological polar surface area (TPSA) is 34.1 Å². The molecule has 0 bridgehead atoms. The van der Waals surface area contributed by atoms with E-state index >= 15 is 0 Å². The van der Waals surface area contributed by atoms with E-state index in [1.807, 2.05) is 32.9 Å². The molecule has 0 aliphatic heterocycles. The molecule has 21 heavy (non-hydrogen) atoms. The molecule has 0 aliphatic rings. The summed E-state index contributed by atoms with van der Waals surface area (Å²) in [6.45, 7) is 9.27. The van der Waals surface area contributed by atoms with Crippen LogP contribution in [-0.4, -0.2) is 17.6 Å². The van der Waals surface area contributed by atoms with E-state index in [1.54, 1.807) is 11.3 Å². The van der Waals surface area contributed by atoms with Gasteiger partial charge in [0, 0.05) is 11.1 Å². The number of nitrogens with zero attached hydrogens (tertiary/aromatic N) is 1. The molecule has 0 fully saturated rings. The zero-order valence-corrected chi connectivity index (χ0v) is 14.0. The number of aromatic nitrogens is 1. The van der Waals surface area contributed by atoms with Crippen molar-refractivity contribution >= 4 is 11.3 Å². The molecule has 1 unspecified atom stereocenters. The maximum Gasteiger partial charge on any atom is 0.120 e. The number of benzene rings is 1. The second-order valence-corrected chi connectivity index (χ2v) is 6.34. The molecule has 4 heteroatoms. The Morgan fingerprint density at radius 2 is 2.14 bits per heavy atom. The Morgan fingerprint density at radius 3 is 2.76 bits per heavy atom. The van der Waals surface area contributed by atoms with E-state index in [-0.39, 0.29) is 12.1 Å². The Balaban J connectivity index is 2.27. The number of aryl methyl sites for hydroxylation is 1. The summed E-state index contributed by atoms with van der Waals surface area (Å²) in [4.78, 5) is 4.65. The lowest BCUT2D eigenvalue weighted by molar-refractivity contribution is 0.242. The Hall–Kier alpha value is -1.39. The maximum absolute atomic E-state index is 5.81. The van der Waals surface area contributed by atoms with Crippen LogP contribution in [0.4, 0.5) is 0 Å². The number of nitrogens with one attached hydrogen (secondary N) is 1. The summed E-state index contributed by atoms with van der Waals surface area (Å²) < 4.78 is 5.81. The van der Waals surface area contributed by atoms with E-state index in [9.17, 15) is 0 Å². The molecule has 0 radical (unpaired) electrons. The molecule has 0 aliphatic carbocycles. The summed E-state index contributed by atoms with van der Waals surface area (Å²) in [6.07, 6.45) is 1.28. The van der Waals surface area contributed by atoms with Crippen molar-refractivity contribution in [1.29, 1.82) is 0 Å². The van der Waals surface area contributed by atoms with Crippen LogP contribution in [0.2, 0.25) is 0 Å². The van der Waals surface area contributed by atoms with Gasteiger partial charge in [0.25, 0.3) is 0 Å².